The van der Waals surface area contributed by atoms with Crippen molar-refractivity contribution < 1.29 is 4.74 Å². The van der Waals surface area contributed by atoms with Crippen molar-refractivity contribution in [3.8, 4) is 0 Å². The summed E-state index contributed by atoms with van der Waals surface area (Å²) in [6.45, 7) is 0. The van der Waals surface area contributed by atoms with Crippen LogP contribution in [0.5, 0.6) is 0 Å². The van der Waals surface area contributed by atoms with E-state index in [-0.39, 0.29) is 0 Å². The second-order valence-electron chi connectivity index (χ2n) is 1.90. The average Bonchev–Trinajstić information content (AvgIpc) is 2.17. The molecule has 0 aromatic carbocycles. The molecular weight excluding hydrogens is 192 g/mol. The second kappa shape index (κ2) is 4.34. The minimum Gasteiger partial charge on any atom is -0.469 e. The molecule has 0 unspecified atom stereocenters. The van der Waals surface area contributed by atoms with E-state index in [0.717, 1.165) is 17.5 Å². The van der Waals surface area contributed by atoms with Crippen LogP contribution in [0.25, 0.3) is 0 Å². The number of hydrogen-bond acceptors (Lipinski definition) is 1. The molecule has 1 aliphatic heterocycles. The third kappa shape index (κ3) is 2.40. The highest BCUT2D eigenvalue weighted by atomic mass is 79.9. The Morgan fingerprint density at radius 3 is 3.00 bits per heavy atom. The van der Waals surface area contributed by atoms with Gasteiger partial charge in [0.05, 0.1) is 6.26 Å². The van der Waals surface area contributed by atoms with Crippen molar-refractivity contribution in [1.29, 1.82) is 0 Å². The van der Waals surface area contributed by atoms with Crippen molar-refractivity contribution in [2.45, 2.75) is 6.42 Å². The lowest BCUT2D eigenvalue weighted by atomic mass is 10.3. The van der Waals surface area contributed by atoms with Crippen LogP contribution < -0.4 is 0 Å². The van der Waals surface area contributed by atoms with E-state index >= 15 is 0 Å². The molecular formula is C8H9BrO. The summed E-state index contributed by atoms with van der Waals surface area (Å²) in [5.41, 5.74) is 0. The van der Waals surface area contributed by atoms with Gasteiger partial charge in [-0.25, -0.2) is 0 Å². The van der Waals surface area contributed by atoms with E-state index in [1.165, 1.54) is 0 Å². The van der Waals surface area contributed by atoms with Gasteiger partial charge in [0.2, 0.25) is 0 Å². The van der Waals surface area contributed by atoms with Crippen LogP contribution in [0.1, 0.15) is 6.42 Å². The fourth-order valence-corrected chi connectivity index (χ4v) is 1.06. The standard InChI is InChI=1S/C8H9BrO/c9-6-5-8-4-2-1-3-7-10-8/h1-4,7H,5-6H2. The van der Waals surface area contributed by atoms with Gasteiger partial charge in [-0.2, -0.15) is 0 Å². The monoisotopic (exact) mass is 200 g/mol. The molecule has 0 amide bonds. The number of alkyl halides is 1. The molecule has 0 N–H and O–H groups in total. The summed E-state index contributed by atoms with van der Waals surface area (Å²) in [5.74, 6) is 1.00. The summed E-state index contributed by atoms with van der Waals surface area (Å²) < 4.78 is 5.23. The van der Waals surface area contributed by atoms with Crippen LogP contribution in [-0.4, -0.2) is 5.33 Å². The maximum atomic E-state index is 5.23. The first kappa shape index (κ1) is 7.61. The van der Waals surface area contributed by atoms with Gasteiger partial charge in [-0.05, 0) is 12.2 Å². The number of halogens is 1. The van der Waals surface area contributed by atoms with Gasteiger partial charge in [0.15, 0.2) is 0 Å². The lowest BCUT2D eigenvalue weighted by molar-refractivity contribution is 0.340. The zero-order valence-electron chi connectivity index (χ0n) is 5.59. The Morgan fingerprint density at radius 2 is 2.20 bits per heavy atom. The van der Waals surface area contributed by atoms with Crippen molar-refractivity contribution in [2.24, 2.45) is 0 Å². The highest BCUT2D eigenvalue weighted by molar-refractivity contribution is 9.09. The van der Waals surface area contributed by atoms with Crippen molar-refractivity contribution >= 4 is 15.9 Å². The molecule has 1 rings (SSSR count). The lowest BCUT2D eigenvalue weighted by Gasteiger charge is -2.00. The third-order valence-corrected chi connectivity index (χ3v) is 1.54. The maximum absolute atomic E-state index is 5.23. The normalized spacial score (nSPS) is 15.9. The average molecular weight is 201 g/mol. The Hall–Kier alpha value is -0.500. The molecule has 0 bridgehead atoms. The van der Waals surface area contributed by atoms with E-state index in [9.17, 15) is 0 Å². The van der Waals surface area contributed by atoms with Crippen LogP contribution >= 0.6 is 15.9 Å². The first-order chi connectivity index (χ1) is 4.93. The van der Waals surface area contributed by atoms with E-state index in [1.54, 1.807) is 6.26 Å². The summed E-state index contributed by atoms with van der Waals surface area (Å²) in [6, 6.07) is 0. The zero-order chi connectivity index (χ0) is 7.23. The topological polar surface area (TPSA) is 9.23 Å². The lowest BCUT2D eigenvalue weighted by Crippen LogP contribution is -1.84. The van der Waals surface area contributed by atoms with E-state index in [2.05, 4.69) is 15.9 Å². The summed E-state index contributed by atoms with van der Waals surface area (Å²) in [5, 5.41) is 0.945. The Labute approximate surface area is 69.2 Å². The Kier molecular flexibility index (Phi) is 3.30. The summed E-state index contributed by atoms with van der Waals surface area (Å²) in [7, 11) is 0. The van der Waals surface area contributed by atoms with Gasteiger partial charge in [-0.1, -0.05) is 28.1 Å². The molecule has 0 fully saturated rings. The first-order valence-electron chi connectivity index (χ1n) is 3.18. The SMILES string of the molecule is BrCCC1=CC=CC=CO1. The van der Waals surface area contributed by atoms with Gasteiger partial charge in [0.1, 0.15) is 5.76 Å². The third-order valence-electron chi connectivity index (χ3n) is 1.14. The van der Waals surface area contributed by atoms with Crippen LogP contribution in [0.3, 0.4) is 0 Å². The molecule has 0 radical (unpaired) electrons. The Bertz CT molecular complexity index is 180. The van der Waals surface area contributed by atoms with Crippen LogP contribution in [0, 0.1) is 0 Å². The highest BCUT2D eigenvalue weighted by Gasteiger charge is 1.93. The molecule has 54 valence electrons. The van der Waals surface area contributed by atoms with Crippen LogP contribution in [0.15, 0.2) is 36.3 Å². The van der Waals surface area contributed by atoms with Crippen LogP contribution in [0.4, 0.5) is 0 Å². The number of hydrogen-bond donors (Lipinski definition) is 0. The molecule has 1 aliphatic rings. The molecule has 1 nitrogen and oxygen atoms in total. The summed E-state index contributed by atoms with van der Waals surface area (Å²) in [4.78, 5) is 0. The van der Waals surface area contributed by atoms with Crippen molar-refractivity contribution in [3.05, 3.63) is 36.3 Å². The predicted molar refractivity (Wildman–Crippen MR) is 45.9 cm³/mol. The quantitative estimate of drug-likeness (QED) is 0.624. The fourth-order valence-electron chi connectivity index (χ4n) is 0.674. The molecule has 0 spiro atoms. The molecule has 0 aromatic rings. The van der Waals surface area contributed by atoms with Gasteiger partial charge in [-0.3, -0.25) is 0 Å². The van der Waals surface area contributed by atoms with Crippen molar-refractivity contribution in [1.82, 2.24) is 0 Å². The Morgan fingerprint density at radius 1 is 1.30 bits per heavy atom. The van der Waals surface area contributed by atoms with Crippen LogP contribution in [-0.2, 0) is 4.74 Å². The van der Waals surface area contributed by atoms with Gasteiger partial charge in [-0.15, -0.1) is 0 Å². The van der Waals surface area contributed by atoms with Gasteiger partial charge >= 0.3 is 0 Å². The van der Waals surface area contributed by atoms with Crippen molar-refractivity contribution in [3.63, 3.8) is 0 Å². The highest BCUT2D eigenvalue weighted by Crippen LogP contribution is 2.08. The fraction of sp³-hybridized carbons (Fsp3) is 0.250. The molecule has 2 heteroatoms. The molecule has 0 atom stereocenters. The molecule has 0 saturated heterocycles. The predicted octanol–water partition coefficient (Wildman–Crippen LogP) is 2.76. The number of ether oxygens (including phenoxy) is 1. The zero-order valence-corrected chi connectivity index (χ0v) is 7.17. The Balaban J connectivity index is 2.50. The molecule has 0 aliphatic carbocycles. The van der Waals surface area contributed by atoms with Crippen LogP contribution in [0.2, 0.25) is 0 Å². The molecule has 10 heavy (non-hydrogen) atoms. The molecule has 0 aromatic heterocycles. The van der Waals surface area contributed by atoms with E-state index in [0.29, 0.717) is 0 Å². The van der Waals surface area contributed by atoms with Gasteiger partial charge in [0, 0.05) is 11.8 Å². The molecule has 0 saturated carbocycles. The maximum Gasteiger partial charge on any atom is 0.104 e. The minimum atomic E-state index is 0.939. The van der Waals surface area contributed by atoms with Crippen molar-refractivity contribution in [2.75, 3.05) is 5.33 Å². The van der Waals surface area contributed by atoms with E-state index in [1.807, 2.05) is 24.3 Å². The number of rotatable bonds is 2. The van der Waals surface area contributed by atoms with Gasteiger partial charge in [0.25, 0.3) is 0 Å². The minimum absolute atomic E-state index is 0.939. The van der Waals surface area contributed by atoms with E-state index in [4.69, 9.17) is 4.74 Å². The van der Waals surface area contributed by atoms with E-state index < -0.39 is 0 Å². The first-order valence-corrected chi connectivity index (χ1v) is 4.30. The largest absolute Gasteiger partial charge is 0.469 e. The smallest absolute Gasteiger partial charge is 0.104 e. The number of allylic oxidation sites excluding steroid dienone is 5. The second-order valence-corrected chi connectivity index (χ2v) is 2.70. The molecule has 1 heterocycles. The summed E-state index contributed by atoms with van der Waals surface area (Å²) in [6.07, 6.45) is 10.4. The summed E-state index contributed by atoms with van der Waals surface area (Å²) >= 11 is 3.34. The van der Waals surface area contributed by atoms with Gasteiger partial charge < -0.3 is 4.74 Å².